The predicted octanol–water partition coefficient (Wildman–Crippen LogP) is 1.15. The van der Waals surface area contributed by atoms with E-state index in [9.17, 15) is 0 Å². The Bertz CT molecular complexity index is 251. The maximum Gasteiger partial charge on any atom is 0.0638 e. The second kappa shape index (κ2) is 5.78. The second-order valence-electron chi connectivity index (χ2n) is 3.29. The summed E-state index contributed by atoms with van der Waals surface area (Å²) < 4.78 is 5.23. The quantitative estimate of drug-likeness (QED) is 0.673. The molecule has 14 heavy (non-hydrogen) atoms. The highest BCUT2D eigenvalue weighted by molar-refractivity contribution is 5.22. The molecule has 0 saturated heterocycles. The summed E-state index contributed by atoms with van der Waals surface area (Å²) in [7, 11) is 0. The van der Waals surface area contributed by atoms with E-state index in [1.807, 2.05) is 20.8 Å². The van der Waals surface area contributed by atoms with Crippen LogP contribution < -0.4 is 5.32 Å². The van der Waals surface area contributed by atoms with Crippen LogP contribution in [-0.2, 0) is 11.3 Å². The molecule has 0 spiro atoms. The lowest BCUT2D eigenvalue weighted by Gasteiger charge is -2.04. The third-order valence-corrected chi connectivity index (χ3v) is 2.21. The van der Waals surface area contributed by atoms with Gasteiger partial charge >= 0.3 is 0 Å². The zero-order chi connectivity index (χ0) is 10.4. The van der Waals surface area contributed by atoms with Gasteiger partial charge in [-0.25, -0.2) is 0 Å². The van der Waals surface area contributed by atoms with Gasteiger partial charge in [0.25, 0.3) is 0 Å². The van der Waals surface area contributed by atoms with Crippen molar-refractivity contribution in [3.63, 3.8) is 0 Å². The molecular formula is C10H19N3O. The van der Waals surface area contributed by atoms with E-state index in [1.54, 1.807) is 0 Å². The number of aromatic amines is 1. The standard InChI is InChI=1S/C10H19N3O/c1-4-14-6-5-11-7-10-8(2)12-13-9(10)3/h11H,4-7H2,1-3H3,(H,12,13). The van der Waals surface area contributed by atoms with Crippen LogP contribution in [0.15, 0.2) is 0 Å². The van der Waals surface area contributed by atoms with Crippen molar-refractivity contribution in [3.8, 4) is 0 Å². The lowest BCUT2D eigenvalue weighted by atomic mass is 10.2. The normalized spacial score (nSPS) is 10.8. The predicted molar refractivity (Wildman–Crippen MR) is 56.3 cm³/mol. The molecule has 0 atom stereocenters. The van der Waals surface area contributed by atoms with Crippen LogP contribution in [0.5, 0.6) is 0 Å². The second-order valence-corrected chi connectivity index (χ2v) is 3.29. The molecule has 0 radical (unpaired) electrons. The highest BCUT2D eigenvalue weighted by atomic mass is 16.5. The molecule has 4 heteroatoms. The van der Waals surface area contributed by atoms with E-state index in [0.29, 0.717) is 0 Å². The fourth-order valence-electron chi connectivity index (χ4n) is 1.34. The number of aryl methyl sites for hydroxylation is 2. The Labute approximate surface area is 85.0 Å². The van der Waals surface area contributed by atoms with Gasteiger partial charge in [-0.15, -0.1) is 0 Å². The van der Waals surface area contributed by atoms with Crippen molar-refractivity contribution in [3.05, 3.63) is 17.0 Å². The van der Waals surface area contributed by atoms with E-state index >= 15 is 0 Å². The van der Waals surface area contributed by atoms with Gasteiger partial charge in [0, 0.05) is 31.0 Å². The summed E-state index contributed by atoms with van der Waals surface area (Å²) in [5.74, 6) is 0. The Morgan fingerprint density at radius 1 is 1.43 bits per heavy atom. The van der Waals surface area contributed by atoms with Gasteiger partial charge in [-0.2, -0.15) is 5.10 Å². The van der Waals surface area contributed by atoms with Crippen molar-refractivity contribution in [1.29, 1.82) is 0 Å². The smallest absolute Gasteiger partial charge is 0.0638 e. The molecule has 0 amide bonds. The van der Waals surface area contributed by atoms with Crippen LogP contribution in [0.1, 0.15) is 23.9 Å². The van der Waals surface area contributed by atoms with Crippen molar-refractivity contribution in [2.24, 2.45) is 0 Å². The van der Waals surface area contributed by atoms with Gasteiger partial charge < -0.3 is 10.1 Å². The molecule has 1 aromatic rings. The molecule has 1 aromatic heterocycles. The summed E-state index contributed by atoms with van der Waals surface area (Å²) in [5.41, 5.74) is 3.49. The minimum Gasteiger partial charge on any atom is -0.380 e. The first-order chi connectivity index (χ1) is 6.75. The summed E-state index contributed by atoms with van der Waals surface area (Å²) in [6, 6.07) is 0. The molecule has 0 fully saturated rings. The Morgan fingerprint density at radius 3 is 2.79 bits per heavy atom. The van der Waals surface area contributed by atoms with Gasteiger partial charge in [0.15, 0.2) is 0 Å². The van der Waals surface area contributed by atoms with Gasteiger partial charge in [0.1, 0.15) is 0 Å². The van der Waals surface area contributed by atoms with Gasteiger partial charge in [-0.3, -0.25) is 5.10 Å². The number of H-pyrrole nitrogens is 1. The largest absolute Gasteiger partial charge is 0.380 e. The van der Waals surface area contributed by atoms with Crippen molar-refractivity contribution in [1.82, 2.24) is 15.5 Å². The van der Waals surface area contributed by atoms with Crippen molar-refractivity contribution >= 4 is 0 Å². The molecule has 1 heterocycles. The molecule has 2 N–H and O–H groups in total. The molecule has 0 bridgehead atoms. The zero-order valence-corrected chi connectivity index (χ0v) is 9.18. The minimum absolute atomic E-state index is 0.770. The van der Waals surface area contributed by atoms with E-state index in [2.05, 4.69) is 15.5 Å². The molecule has 80 valence electrons. The Balaban J connectivity index is 2.24. The molecule has 0 saturated carbocycles. The monoisotopic (exact) mass is 197 g/mol. The topological polar surface area (TPSA) is 49.9 Å². The van der Waals surface area contributed by atoms with Gasteiger partial charge in [0.05, 0.1) is 12.3 Å². The van der Waals surface area contributed by atoms with Crippen LogP contribution in [0.3, 0.4) is 0 Å². The fourth-order valence-corrected chi connectivity index (χ4v) is 1.34. The van der Waals surface area contributed by atoms with E-state index in [-0.39, 0.29) is 0 Å². The summed E-state index contributed by atoms with van der Waals surface area (Å²) in [6.45, 7) is 9.37. The summed E-state index contributed by atoms with van der Waals surface area (Å²) in [5, 5.41) is 10.4. The summed E-state index contributed by atoms with van der Waals surface area (Å²) >= 11 is 0. The number of hydrogen-bond acceptors (Lipinski definition) is 3. The van der Waals surface area contributed by atoms with E-state index in [1.165, 1.54) is 5.56 Å². The molecule has 0 aromatic carbocycles. The lowest BCUT2D eigenvalue weighted by molar-refractivity contribution is 0.149. The first kappa shape index (κ1) is 11.2. The summed E-state index contributed by atoms with van der Waals surface area (Å²) in [4.78, 5) is 0. The van der Waals surface area contributed by atoms with Crippen molar-refractivity contribution in [2.75, 3.05) is 19.8 Å². The highest BCUT2D eigenvalue weighted by Gasteiger charge is 2.04. The summed E-state index contributed by atoms with van der Waals surface area (Å²) in [6.07, 6.45) is 0. The molecule has 0 aliphatic carbocycles. The first-order valence-corrected chi connectivity index (χ1v) is 5.04. The average Bonchev–Trinajstić information content (AvgIpc) is 2.48. The third kappa shape index (κ3) is 3.12. The van der Waals surface area contributed by atoms with E-state index in [0.717, 1.165) is 37.7 Å². The maximum absolute atomic E-state index is 5.23. The number of aromatic nitrogens is 2. The van der Waals surface area contributed by atoms with E-state index < -0.39 is 0 Å². The average molecular weight is 197 g/mol. The number of nitrogens with one attached hydrogen (secondary N) is 2. The van der Waals surface area contributed by atoms with Crippen LogP contribution in [0.25, 0.3) is 0 Å². The SMILES string of the molecule is CCOCCNCc1c(C)n[nH]c1C. The minimum atomic E-state index is 0.770. The number of ether oxygens (including phenoxy) is 1. The van der Waals surface area contributed by atoms with Gasteiger partial charge in [0.2, 0.25) is 0 Å². The number of rotatable bonds is 6. The first-order valence-electron chi connectivity index (χ1n) is 5.04. The number of hydrogen-bond donors (Lipinski definition) is 2. The van der Waals surface area contributed by atoms with Crippen LogP contribution in [0, 0.1) is 13.8 Å². The van der Waals surface area contributed by atoms with Crippen LogP contribution in [-0.4, -0.2) is 30.0 Å². The van der Waals surface area contributed by atoms with E-state index in [4.69, 9.17) is 4.74 Å². The molecule has 0 unspecified atom stereocenters. The van der Waals surface area contributed by atoms with Crippen molar-refractivity contribution < 1.29 is 4.74 Å². The molecule has 4 nitrogen and oxygen atoms in total. The highest BCUT2D eigenvalue weighted by Crippen LogP contribution is 2.07. The molecule has 0 aliphatic heterocycles. The Kier molecular flexibility index (Phi) is 4.62. The maximum atomic E-state index is 5.23. The van der Waals surface area contributed by atoms with Crippen molar-refractivity contribution in [2.45, 2.75) is 27.3 Å². The third-order valence-electron chi connectivity index (χ3n) is 2.21. The van der Waals surface area contributed by atoms with Gasteiger partial charge in [-0.05, 0) is 20.8 Å². The molecule has 1 rings (SSSR count). The van der Waals surface area contributed by atoms with Crippen LogP contribution in [0.4, 0.5) is 0 Å². The fraction of sp³-hybridized carbons (Fsp3) is 0.700. The van der Waals surface area contributed by atoms with Crippen LogP contribution in [0.2, 0.25) is 0 Å². The van der Waals surface area contributed by atoms with Crippen LogP contribution >= 0.6 is 0 Å². The Morgan fingerprint density at radius 2 is 2.21 bits per heavy atom. The zero-order valence-electron chi connectivity index (χ0n) is 9.18. The van der Waals surface area contributed by atoms with Gasteiger partial charge in [-0.1, -0.05) is 0 Å². The lowest BCUT2D eigenvalue weighted by Crippen LogP contribution is -2.19. The molecule has 0 aliphatic rings. The molecular weight excluding hydrogens is 178 g/mol. The number of nitrogens with zero attached hydrogens (tertiary/aromatic N) is 1. The Hall–Kier alpha value is -0.870.